The van der Waals surface area contributed by atoms with E-state index in [4.69, 9.17) is 16.6 Å². The van der Waals surface area contributed by atoms with Crippen molar-refractivity contribution in [3.63, 3.8) is 0 Å². The van der Waals surface area contributed by atoms with Crippen molar-refractivity contribution in [3.05, 3.63) is 11.9 Å². The quantitative estimate of drug-likeness (QED) is 0.340. The topological polar surface area (TPSA) is 102 Å². The van der Waals surface area contributed by atoms with E-state index in [1.165, 1.54) is 6.08 Å². The second-order valence-corrected chi connectivity index (χ2v) is 3.11. The van der Waals surface area contributed by atoms with E-state index < -0.39 is 17.8 Å². The molecular weight excluding hydrogens is 201 g/mol. The van der Waals surface area contributed by atoms with Crippen molar-refractivity contribution in [2.24, 2.45) is 16.5 Å². The van der Waals surface area contributed by atoms with E-state index in [9.17, 15) is 9.18 Å². The van der Waals surface area contributed by atoms with Gasteiger partial charge in [-0.3, -0.25) is 9.79 Å². The second-order valence-electron chi connectivity index (χ2n) is 3.11. The van der Waals surface area contributed by atoms with Gasteiger partial charge in [0.25, 0.3) is 0 Å². The summed E-state index contributed by atoms with van der Waals surface area (Å²) in [4.78, 5) is 14.1. The minimum Gasteiger partial charge on any atom is -0.480 e. The molecule has 0 aliphatic carbocycles. The third kappa shape index (κ3) is 7.63. The monoisotopic (exact) mass is 217 g/mol. The average molecular weight is 217 g/mol. The van der Waals surface area contributed by atoms with E-state index in [0.717, 1.165) is 0 Å². The molecule has 5 N–H and O–H groups in total. The minimum atomic E-state index is -1.21. The molecule has 0 saturated carbocycles. The number of carboxylic acids is 1. The van der Waals surface area contributed by atoms with Crippen molar-refractivity contribution >= 4 is 11.8 Å². The lowest BCUT2D eigenvalue weighted by Gasteiger charge is -2.03. The maximum absolute atomic E-state index is 13.0. The van der Waals surface area contributed by atoms with Gasteiger partial charge in [-0.1, -0.05) is 6.08 Å². The van der Waals surface area contributed by atoms with Gasteiger partial charge in [0.05, 0.1) is 11.7 Å². The third-order valence-electron chi connectivity index (χ3n) is 1.59. The summed E-state index contributed by atoms with van der Waals surface area (Å²) in [6.07, 6.45) is 1.36. The van der Waals surface area contributed by atoms with Gasteiger partial charge in [-0.25, -0.2) is 4.39 Å². The highest BCUT2D eigenvalue weighted by Crippen LogP contribution is 2.07. The van der Waals surface area contributed by atoms with Crippen LogP contribution in [-0.4, -0.2) is 29.5 Å². The number of nitrogens with two attached hydrogens (primary N) is 2. The zero-order valence-electron chi connectivity index (χ0n) is 8.61. The van der Waals surface area contributed by atoms with Gasteiger partial charge in [0.2, 0.25) is 0 Å². The Morgan fingerprint density at radius 3 is 2.73 bits per heavy atom. The number of hydrogen-bond donors (Lipinski definition) is 3. The number of rotatable bonds is 6. The third-order valence-corrected chi connectivity index (χ3v) is 1.59. The van der Waals surface area contributed by atoms with E-state index in [2.05, 4.69) is 4.99 Å². The lowest BCUT2D eigenvalue weighted by molar-refractivity contribution is -0.138. The first kappa shape index (κ1) is 13.6. The molecule has 0 radical (unpaired) electrons. The van der Waals surface area contributed by atoms with E-state index in [-0.39, 0.29) is 6.42 Å². The number of amidine groups is 1. The van der Waals surface area contributed by atoms with E-state index in [1.807, 2.05) is 0 Å². The zero-order chi connectivity index (χ0) is 11.8. The SMILES string of the molecule is CC(N)=NCC/C=C(\F)C[C@H](N)C(=O)O. The molecule has 0 rings (SSSR count). The van der Waals surface area contributed by atoms with Gasteiger partial charge in [0.15, 0.2) is 0 Å². The lowest BCUT2D eigenvalue weighted by atomic mass is 10.2. The molecule has 15 heavy (non-hydrogen) atoms. The van der Waals surface area contributed by atoms with Crippen LogP contribution < -0.4 is 11.5 Å². The summed E-state index contributed by atoms with van der Waals surface area (Å²) in [6.45, 7) is 2.03. The Balaban J connectivity index is 3.89. The largest absolute Gasteiger partial charge is 0.480 e. The molecule has 0 heterocycles. The number of aliphatic imine (C=N–C) groups is 1. The summed E-state index contributed by atoms with van der Waals surface area (Å²) in [6, 6.07) is -1.19. The van der Waals surface area contributed by atoms with Crippen LogP contribution in [0.4, 0.5) is 4.39 Å². The van der Waals surface area contributed by atoms with Crippen LogP contribution in [0, 0.1) is 0 Å². The predicted octanol–water partition coefficient (Wildman–Crippen LogP) is 0.409. The summed E-state index contributed by atoms with van der Waals surface area (Å²) < 4.78 is 13.0. The second kappa shape index (κ2) is 6.94. The summed E-state index contributed by atoms with van der Waals surface area (Å²) in [5, 5.41) is 8.42. The van der Waals surface area contributed by atoms with Crippen molar-refractivity contribution in [2.45, 2.75) is 25.8 Å². The van der Waals surface area contributed by atoms with Crippen LogP contribution >= 0.6 is 0 Å². The molecular formula is C9H16FN3O2. The van der Waals surface area contributed by atoms with Gasteiger partial charge < -0.3 is 16.6 Å². The van der Waals surface area contributed by atoms with E-state index in [1.54, 1.807) is 6.92 Å². The number of nitrogens with zero attached hydrogens (tertiary/aromatic N) is 1. The first-order valence-corrected chi connectivity index (χ1v) is 4.53. The Kier molecular flexibility index (Phi) is 6.28. The van der Waals surface area contributed by atoms with Crippen LogP contribution in [0.3, 0.4) is 0 Å². The number of hydrogen-bond acceptors (Lipinski definition) is 3. The first-order chi connectivity index (χ1) is 6.93. The predicted molar refractivity (Wildman–Crippen MR) is 56.2 cm³/mol. The molecule has 0 aliphatic heterocycles. The molecule has 6 heteroatoms. The van der Waals surface area contributed by atoms with Gasteiger partial charge in [0.1, 0.15) is 6.04 Å². The van der Waals surface area contributed by atoms with Crippen LogP contribution in [0.1, 0.15) is 19.8 Å². The lowest BCUT2D eigenvalue weighted by Crippen LogP contribution is -2.29. The summed E-state index contributed by atoms with van der Waals surface area (Å²) in [7, 11) is 0. The maximum Gasteiger partial charge on any atom is 0.320 e. The Morgan fingerprint density at radius 1 is 1.67 bits per heavy atom. The van der Waals surface area contributed by atoms with Gasteiger partial charge in [-0.2, -0.15) is 0 Å². The van der Waals surface area contributed by atoms with Crippen LogP contribution in [-0.2, 0) is 4.79 Å². The molecule has 0 aromatic rings. The fourth-order valence-corrected chi connectivity index (χ4v) is 0.843. The molecule has 0 unspecified atom stereocenters. The number of halogens is 1. The highest BCUT2D eigenvalue weighted by atomic mass is 19.1. The molecule has 0 spiro atoms. The molecule has 1 atom stereocenters. The van der Waals surface area contributed by atoms with Crippen LogP contribution in [0.25, 0.3) is 0 Å². The molecule has 86 valence electrons. The van der Waals surface area contributed by atoms with Gasteiger partial charge in [-0.15, -0.1) is 0 Å². The molecule has 0 saturated heterocycles. The molecule has 0 aromatic carbocycles. The highest BCUT2D eigenvalue weighted by Gasteiger charge is 2.12. The van der Waals surface area contributed by atoms with Crippen molar-refractivity contribution < 1.29 is 14.3 Å². The van der Waals surface area contributed by atoms with Crippen molar-refractivity contribution in [1.29, 1.82) is 0 Å². The molecule has 0 bridgehead atoms. The Morgan fingerprint density at radius 2 is 2.27 bits per heavy atom. The van der Waals surface area contributed by atoms with Crippen molar-refractivity contribution in [1.82, 2.24) is 0 Å². The highest BCUT2D eigenvalue weighted by molar-refractivity contribution is 5.77. The fraction of sp³-hybridized carbons (Fsp3) is 0.556. The van der Waals surface area contributed by atoms with Crippen molar-refractivity contribution in [2.75, 3.05) is 6.54 Å². The summed E-state index contributed by atoms with van der Waals surface area (Å²) >= 11 is 0. The number of aliphatic carboxylic acids is 1. The smallest absolute Gasteiger partial charge is 0.320 e. The Hall–Kier alpha value is -1.43. The molecule has 0 fully saturated rings. The normalized spacial score (nSPS) is 15.1. The Bertz CT molecular complexity index is 273. The molecule has 5 nitrogen and oxygen atoms in total. The van der Waals surface area contributed by atoms with Crippen LogP contribution in [0.2, 0.25) is 0 Å². The maximum atomic E-state index is 13.0. The standard InChI is InChI=1S/C9H16FN3O2/c1-6(11)13-4-2-3-7(10)5-8(12)9(14)15/h3,8H,2,4-5,12H2,1H3,(H2,11,13)(H,14,15)/b7-3-/t8-/m0/s1. The summed E-state index contributed by atoms with van der Waals surface area (Å²) in [5.41, 5.74) is 10.4. The van der Waals surface area contributed by atoms with Gasteiger partial charge in [0, 0.05) is 13.0 Å². The van der Waals surface area contributed by atoms with Crippen molar-refractivity contribution in [3.8, 4) is 0 Å². The van der Waals surface area contributed by atoms with E-state index >= 15 is 0 Å². The summed E-state index contributed by atoms with van der Waals surface area (Å²) in [5.74, 6) is -1.31. The first-order valence-electron chi connectivity index (χ1n) is 4.53. The van der Waals surface area contributed by atoms with Crippen LogP contribution in [0.5, 0.6) is 0 Å². The van der Waals surface area contributed by atoms with Gasteiger partial charge >= 0.3 is 5.97 Å². The zero-order valence-corrected chi connectivity index (χ0v) is 8.61. The molecule has 0 aromatic heterocycles. The number of carbonyl (C=O) groups is 1. The Labute approximate surface area is 87.7 Å². The fourth-order valence-electron chi connectivity index (χ4n) is 0.843. The van der Waals surface area contributed by atoms with Gasteiger partial charge in [-0.05, 0) is 13.3 Å². The molecule has 0 amide bonds. The van der Waals surface area contributed by atoms with Crippen LogP contribution in [0.15, 0.2) is 16.9 Å². The van der Waals surface area contributed by atoms with E-state index in [0.29, 0.717) is 18.8 Å². The minimum absolute atomic E-state index is 0.291. The molecule has 0 aliphatic rings. The average Bonchev–Trinajstić information content (AvgIpc) is 2.12. The number of carboxylic acid groups (broad SMARTS) is 1.